The second-order valence-electron chi connectivity index (χ2n) is 6.17. The highest BCUT2D eigenvalue weighted by Crippen LogP contribution is 2.14. The van der Waals surface area contributed by atoms with Gasteiger partial charge in [-0.3, -0.25) is 9.20 Å². The van der Waals surface area contributed by atoms with Gasteiger partial charge in [0.2, 0.25) is 0 Å². The Morgan fingerprint density at radius 2 is 1.96 bits per heavy atom. The van der Waals surface area contributed by atoms with E-state index in [1.165, 1.54) is 11.1 Å². The number of nitrogens with zero attached hydrogens (tertiary/aromatic N) is 2. The fraction of sp³-hybridized carbons (Fsp3) is 0.300. The molecule has 3 aromatic rings. The van der Waals surface area contributed by atoms with Gasteiger partial charge in [-0.05, 0) is 43.0 Å². The third-order valence-electron chi connectivity index (χ3n) is 4.42. The Bertz CT molecular complexity index is 897. The van der Waals surface area contributed by atoms with Crippen LogP contribution in [0.4, 0.5) is 0 Å². The molecule has 124 valence electrons. The summed E-state index contributed by atoms with van der Waals surface area (Å²) in [5.74, 6) is 0. The molecule has 0 amide bonds. The van der Waals surface area contributed by atoms with Crippen LogP contribution in [-0.2, 0) is 13.0 Å². The van der Waals surface area contributed by atoms with E-state index in [0.717, 1.165) is 23.3 Å². The first-order valence-corrected chi connectivity index (χ1v) is 8.38. The molecule has 3 rings (SSSR count). The van der Waals surface area contributed by atoms with E-state index in [2.05, 4.69) is 48.4 Å². The summed E-state index contributed by atoms with van der Waals surface area (Å²) in [4.78, 5) is 16.9. The average molecular weight is 321 g/mol. The molecule has 0 aliphatic heterocycles. The molecule has 4 nitrogen and oxygen atoms in total. The summed E-state index contributed by atoms with van der Waals surface area (Å²) in [6.45, 7) is 6.82. The number of hydrogen-bond acceptors (Lipinski definition) is 3. The van der Waals surface area contributed by atoms with Gasteiger partial charge in [-0.15, -0.1) is 0 Å². The van der Waals surface area contributed by atoms with Gasteiger partial charge in [0, 0.05) is 24.8 Å². The molecule has 24 heavy (non-hydrogen) atoms. The number of rotatable bonds is 5. The maximum atomic E-state index is 12.2. The van der Waals surface area contributed by atoms with Crippen LogP contribution in [0.5, 0.6) is 0 Å². The van der Waals surface area contributed by atoms with E-state index in [-0.39, 0.29) is 11.6 Å². The van der Waals surface area contributed by atoms with Crippen molar-refractivity contribution in [3.05, 3.63) is 81.4 Å². The fourth-order valence-corrected chi connectivity index (χ4v) is 2.82. The lowest BCUT2D eigenvalue weighted by Crippen LogP contribution is -2.22. The van der Waals surface area contributed by atoms with Crippen LogP contribution in [0.1, 0.15) is 42.3 Å². The molecule has 0 saturated carbocycles. The number of nitrogens with one attached hydrogen (secondary N) is 1. The minimum atomic E-state index is -0.0412. The van der Waals surface area contributed by atoms with Crippen LogP contribution in [0.2, 0.25) is 0 Å². The molecule has 0 aliphatic rings. The molecule has 1 N–H and O–H groups in total. The van der Waals surface area contributed by atoms with E-state index in [4.69, 9.17) is 0 Å². The highest BCUT2D eigenvalue weighted by atomic mass is 16.1. The first-order valence-electron chi connectivity index (χ1n) is 8.38. The molecule has 0 radical (unpaired) electrons. The lowest BCUT2D eigenvalue weighted by Gasteiger charge is -2.15. The van der Waals surface area contributed by atoms with Crippen molar-refractivity contribution in [2.75, 3.05) is 0 Å². The first kappa shape index (κ1) is 16.4. The van der Waals surface area contributed by atoms with Crippen LogP contribution in [0.3, 0.4) is 0 Å². The summed E-state index contributed by atoms with van der Waals surface area (Å²) >= 11 is 0. The minimum absolute atomic E-state index is 0.0412. The Labute approximate surface area is 142 Å². The molecule has 4 heteroatoms. The van der Waals surface area contributed by atoms with Crippen LogP contribution in [-0.4, -0.2) is 9.38 Å². The van der Waals surface area contributed by atoms with Crippen molar-refractivity contribution in [3.63, 3.8) is 0 Å². The fourth-order valence-electron chi connectivity index (χ4n) is 2.82. The Morgan fingerprint density at radius 3 is 2.67 bits per heavy atom. The van der Waals surface area contributed by atoms with Gasteiger partial charge in [0.25, 0.3) is 5.56 Å². The molecule has 1 unspecified atom stereocenters. The van der Waals surface area contributed by atoms with E-state index >= 15 is 0 Å². The van der Waals surface area contributed by atoms with Gasteiger partial charge in [0.15, 0.2) is 0 Å². The lowest BCUT2D eigenvalue weighted by atomic mass is 10.0. The standard InChI is InChI=1S/C20H23N3O/c1-4-16-7-9-17(10-8-16)15(3)21-13-18-12-19(24)23-11-5-6-14(2)20(23)22-18/h5-12,15,21H,4,13H2,1-3H3. The summed E-state index contributed by atoms with van der Waals surface area (Å²) in [6, 6.07) is 14.3. The third-order valence-corrected chi connectivity index (χ3v) is 4.42. The Morgan fingerprint density at radius 1 is 1.21 bits per heavy atom. The van der Waals surface area contributed by atoms with Crippen molar-refractivity contribution in [1.29, 1.82) is 0 Å². The Kier molecular flexibility index (Phi) is 4.76. The molecule has 1 atom stereocenters. The molecule has 0 bridgehead atoms. The monoisotopic (exact) mass is 321 g/mol. The van der Waals surface area contributed by atoms with Gasteiger partial charge in [-0.25, -0.2) is 4.98 Å². The topological polar surface area (TPSA) is 46.4 Å². The molecule has 0 saturated heterocycles. The molecule has 2 aromatic heterocycles. The molecule has 1 aromatic carbocycles. The van der Waals surface area contributed by atoms with Crippen molar-refractivity contribution in [2.24, 2.45) is 0 Å². The Balaban J connectivity index is 1.77. The second kappa shape index (κ2) is 6.97. The molecule has 0 fully saturated rings. The maximum absolute atomic E-state index is 12.2. The second-order valence-corrected chi connectivity index (χ2v) is 6.17. The number of aryl methyl sites for hydroxylation is 2. The van der Waals surface area contributed by atoms with E-state index in [1.807, 2.05) is 19.1 Å². The summed E-state index contributed by atoms with van der Waals surface area (Å²) in [7, 11) is 0. The molecular weight excluding hydrogens is 298 g/mol. The van der Waals surface area contributed by atoms with Gasteiger partial charge in [-0.2, -0.15) is 0 Å². The summed E-state index contributed by atoms with van der Waals surface area (Å²) in [5, 5.41) is 3.45. The van der Waals surface area contributed by atoms with E-state index in [0.29, 0.717) is 6.54 Å². The van der Waals surface area contributed by atoms with Crippen LogP contribution in [0, 0.1) is 6.92 Å². The van der Waals surface area contributed by atoms with E-state index in [9.17, 15) is 4.79 Å². The summed E-state index contributed by atoms with van der Waals surface area (Å²) in [6.07, 6.45) is 2.80. The van der Waals surface area contributed by atoms with Gasteiger partial charge < -0.3 is 5.32 Å². The van der Waals surface area contributed by atoms with E-state index < -0.39 is 0 Å². The maximum Gasteiger partial charge on any atom is 0.258 e. The first-order chi connectivity index (χ1) is 11.6. The van der Waals surface area contributed by atoms with Crippen molar-refractivity contribution in [1.82, 2.24) is 14.7 Å². The average Bonchev–Trinajstić information content (AvgIpc) is 2.60. The molecular formula is C20H23N3O. The van der Waals surface area contributed by atoms with Gasteiger partial charge in [0.05, 0.1) is 5.69 Å². The molecule has 2 heterocycles. The SMILES string of the molecule is CCc1ccc(C(C)NCc2cc(=O)n3cccc(C)c3n2)cc1. The molecule has 0 spiro atoms. The van der Waals surface area contributed by atoms with Crippen LogP contribution < -0.4 is 10.9 Å². The quantitative estimate of drug-likeness (QED) is 0.783. The van der Waals surface area contributed by atoms with Crippen LogP contribution in [0.15, 0.2) is 53.5 Å². The highest BCUT2D eigenvalue weighted by Gasteiger charge is 2.08. The minimum Gasteiger partial charge on any atom is -0.305 e. The lowest BCUT2D eigenvalue weighted by molar-refractivity contribution is 0.567. The van der Waals surface area contributed by atoms with Gasteiger partial charge in [0.1, 0.15) is 5.65 Å². The highest BCUT2D eigenvalue weighted by molar-refractivity contribution is 5.46. The predicted molar refractivity (Wildman–Crippen MR) is 97.3 cm³/mol. The zero-order valence-corrected chi connectivity index (χ0v) is 14.4. The van der Waals surface area contributed by atoms with Gasteiger partial charge in [-0.1, -0.05) is 37.3 Å². The van der Waals surface area contributed by atoms with Crippen molar-refractivity contribution < 1.29 is 0 Å². The van der Waals surface area contributed by atoms with E-state index in [1.54, 1.807) is 16.7 Å². The normalized spacial score (nSPS) is 12.5. The zero-order chi connectivity index (χ0) is 17.1. The largest absolute Gasteiger partial charge is 0.305 e. The number of benzene rings is 1. The van der Waals surface area contributed by atoms with Crippen LogP contribution in [0.25, 0.3) is 5.65 Å². The van der Waals surface area contributed by atoms with Crippen molar-refractivity contribution in [2.45, 2.75) is 39.8 Å². The van der Waals surface area contributed by atoms with Gasteiger partial charge >= 0.3 is 0 Å². The number of hydrogen-bond donors (Lipinski definition) is 1. The zero-order valence-electron chi connectivity index (χ0n) is 14.4. The number of aromatic nitrogens is 2. The van der Waals surface area contributed by atoms with Crippen LogP contribution >= 0.6 is 0 Å². The smallest absolute Gasteiger partial charge is 0.258 e. The van der Waals surface area contributed by atoms with Crippen molar-refractivity contribution >= 4 is 5.65 Å². The Hall–Kier alpha value is -2.46. The summed E-state index contributed by atoms with van der Waals surface area (Å²) < 4.78 is 1.59. The molecule has 0 aliphatic carbocycles. The number of fused-ring (bicyclic) bond motifs is 1. The predicted octanol–water partition coefficient (Wildman–Crippen LogP) is 3.42. The number of pyridine rings is 1. The third kappa shape index (κ3) is 3.39. The van der Waals surface area contributed by atoms with Crippen molar-refractivity contribution in [3.8, 4) is 0 Å². The summed E-state index contributed by atoms with van der Waals surface area (Å²) in [5.41, 5.74) is 5.03.